The Hall–Kier alpha value is -0.340. The average Bonchev–Trinajstić information content (AvgIpc) is 2.85. The van der Waals surface area contributed by atoms with Gasteiger partial charge in [-0.25, -0.2) is 0 Å². The normalized spacial score (nSPS) is 43.8. The highest BCUT2D eigenvalue weighted by Gasteiger charge is 2.45. The van der Waals surface area contributed by atoms with Crippen LogP contribution >= 0.6 is 0 Å². The Morgan fingerprint density at radius 3 is 2.81 bits per heavy atom. The number of hydrogen-bond acceptors (Lipinski definition) is 2. The molecule has 0 aromatic carbocycles. The van der Waals surface area contributed by atoms with Gasteiger partial charge in [0, 0.05) is 25.7 Å². The first-order valence-electron chi connectivity index (χ1n) is 6.87. The second kappa shape index (κ2) is 4.15. The molecule has 0 saturated heterocycles. The lowest BCUT2D eigenvalue weighted by molar-refractivity contribution is 0.182. The molecule has 3 rings (SSSR count). The molecule has 90 valence electrons. The smallest absolute Gasteiger partial charge is 0.0165 e. The highest BCUT2D eigenvalue weighted by molar-refractivity contribution is 5.05. The van der Waals surface area contributed by atoms with E-state index in [2.05, 4.69) is 17.9 Å². The molecule has 1 heterocycles. The molecule has 3 aliphatic rings. The molecular weight excluding hydrogens is 196 g/mol. The van der Waals surface area contributed by atoms with E-state index in [0.717, 1.165) is 24.3 Å². The summed E-state index contributed by atoms with van der Waals surface area (Å²) in [5.74, 6) is 2.61. The summed E-state index contributed by atoms with van der Waals surface area (Å²) in [6.07, 6.45) is 7.93. The van der Waals surface area contributed by atoms with Crippen LogP contribution in [0.2, 0.25) is 0 Å². The predicted octanol–water partition coefficient (Wildman–Crippen LogP) is 2.01. The lowest BCUT2D eigenvalue weighted by Gasteiger charge is -2.34. The molecule has 0 amide bonds. The van der Waals surface area contributed by atoms with Crippen molar-refractivity contribution >= 4 is 0 Å². The molecule has 4 unspecified atom stereocenters. The molecule has 0 spiro atoms. The quantitative estimate of drug-likeness (QED) is 0.721. The Labute approximate surface area is 98.9 Å². The molecule has 2 fully saturated rings. The van der Waals surface area contributed by atoms with E-state index in [1.807, 2.05) is 0 Å². The first-order valence-corrected chi connectivity index (χ1v) is 6.87. The fourth-order valence-corrected chi connectivity index (χ4v) is 4.00. The molecular formula is C14H24N2. The molecule has 16 heavy (non-hydrogen) atoms. The van der Waals surface area contributed by atoms with Crippen molar-refractivity contribution in [2.45, 2.75) is 38.6 Å². The van der Waals surface area contributed by atoms with Crippen LogP contribution in [0.5, 0.6) is 0 Å². The van der Waals surface area contributed by atoms with Gasteiger partial charge < -0.3 is 5.73 Å². The van der Waals surface area contributed by atoms with Crippen molar-refractivity contribution in [3.8, 4) is 0 Å². The van der Waals surface area contributed by atoms with Crippen LogP contribution in [0.4, 0.5) is 0 Å². The Bertz CT molecular complexity index is 295. The van der Waals surface area contributed by atoms with E-state index < -0.39 is 0 Å². The maximum absolute atomic E-state index is 6.37. The van der Waals surface area contributed by atoms with Crippen LogP contribution in [0.3, 0.4) is 0 Å². The Balaban J connectivity index is 1.59. The van der Waals surface area contributed by atoms with E-state index in [9.17, 15) is 0 Å². The lowest BCUT2D eigenvalue weighted by Crippen LogP contribution is -2.43. The molecule has 2 nitrogen and oxygen atoms in total. The molecule has 2 saturated carbocycles. The van der Waals surface area contributed by atoms with E-state index in [0.29, 0.717) is 6.04 Å². The zero-order valence-corrected chi connectivity index (χ0v) is 10.4. The summed E-state index contributed by atoms with van der Waals surface area (Å²) in [6, 6.07) is 0.505. The molecule has 1 aliphatic heterocycles. The first kappa shape index (κ1) is 10.8. The van der Waals surface area contributed by atoms with E-state index >= 15 is 0 Å². The van der Waals surface area contributed by atoms with E-state index in [-0.39, 0.29) is 0 Å². The van der Waals surface area contributed by atoms with E-state index in [1.54, 1.807) is 5.57 Å². The van der Waals surface area contributed by atoms with Gasteiger partial charge in [-0.2, -0.15) is 0 Å². The highest BCUT2D eigenvalue weighted by atomic mass is 15.1. The molecule has 0 aromatic heterocycles. The minimum atomic E-state index is 0.505. The largest absolute Gasteiger partial charge is 0.327 e. The number of nitrogens with zero attached hydrogens (tertiary/aromatic N) is 1. The standard InChI is InChI=1S/C14H24N2/c1-10-4-6-16(7-5-10)9-13-11-2-3-12(8-11)14(13)15/h4,11-14H,2-3,5-9,15H2,1H3. The van der Waals surface area contributed by atoms with Crippen LogP contribution in [0.25, 0.3) is 0 Å². The van der Waals surface area contributed by atoms with Crippen molar-refractivity contribution in [3.05, 3.63) is 11.6 Å². The van der Waals surface area contributed by atoms with Crippen LogP contribution in [0.1, 0.15) is 32.6 Å². The Morgan fingerprint density at radius 1 is 1.38 bits per heavy atom. The number of fused-ring (bicyclic) bond motifs is 2. The van der Waals surface area contributed by atoms with Crippen molar-refractivity contribution < 1.29 is 0 Å². The lowest BCUT2D eigenvalue weighted by atomic mass is 9.84. The van der Waals surface area contributed by atoms with Crippen LogP contribution in [-0.2, 0) is 0 Å². The molecule has 0 aromatic rings. The third-order valence-corrected chi connectivity index (χ3v) is 5.15. The molecule has 0 radical (unpaired) electrons. The summed E-state index contributed by atoms with van der Waals surface area (Å²) in [6.45, 7) is 5.92. The van der Waals surface area contributed by atoms with Gasteiger partial charge in [0.25, 0.3) is 0 Å². The average molecular weight is 220 g/mol. The number of hydrogen-bond donors (Lipinski definition) is 1. The Kier molecular flexibility index (Phi) is 2.80. The van der Waals surface area contributed by atoms with Crippen molar-refractivity contribution in [1.82, 2.24) is 4.90 Å². The summed E-state index contributed by atoms with van der Waals surface area (Å²) in [4.78, 5) is 2.61. The summed E-state index contributed by atoms with van der Waals surface area (Å²) in [5.41, 5.74) is 7.93. The van der Waals surface area contributed by atoms with Crippen LogP contribution < -0.4 is 5.73 Å². The fourth-order valence-electron chi connectivity index (χ4n) is 4.00. The van der Waals surface area contributed by atoms with Crippen LogP contribution in [0, 0.1) is 17.8 Å². The molecule has 2 aliphatic carbocycles. The van der Waals surface area contributed by atoms with Gasteiger partial charge in [-0.1, -0.05) is 11.6 Å². The van der Waals surface area contributed by atoms with Crippen molar-refractivity contribution in [1.29, 1.82) is 0 Å². The topological polar surface area (TPSA) is 29.3 Å². The molecule has 2 N–H and O–H groups in total. The second-order valence-corrected chi connectivity index (χ2v) is 6.13. The third kappa shape index (κ3) is 1.82. The Morgan fingerprint density at radius 2 is 2.19 bits per heavy atom. The van der Waals surface area contributed by atoms with Crippen molar-refractivity contribution in [3.63, 3.8) is 0 Å². The summed E-state index contributed by atoms with van der Waals surface area (Å²) < 4.78 is 0. The maximum Gasteiger partial charge on any atom is 0.0165 e. The summed E-state index contributed by atoms with van der Waals surface area (Å²) in [5, 5.41) is 0. The van der Waals surface area contributed by atoms with E-state index in [4.69, 9.17) is 5.73 Å². The van der Waals surface area contributed by atoms with Crippen LogP contribution in [0.15, 0.2) is 11.6 Å². The van der Waals surface area contributed by atoms with Gasteiger partial charge in [0.05, 0.1) is 0 Å². The van der Waals surface area contributed by atoms with Crippen molar-refractivity contribution in [2.75, 3.05) is 19.6 Å². The number of rotatable bonds is 2. The van der Waals surface area contributed by atoms with Gasteiger partial charge in [-0.05, 0) is 50.4 Å². The van der Waals surface area contributed by atoms with Gasteiger partial charge in [-0.3, -0.25) is 4.90 Å². The van der Waals surface area contributed by atoms with Gasteiger partial charge in [0.2, 0.25) is 0 Å². The van der Waals surface area contributed by atoms with E-state index in [1.165, 1.54) is 38.8 Å². The fraction of sp³-hybridized carbons (Fsp3) is 0.857. The molecule has 2 bridgehead atoms. The van der Waals surface area contributed by atoms with Gasteiger partial charge >= 0.3 is 0 Å². The van der Waals surface area contributed by atoms with Gasteiger partial charge in [-0.15, -0.1) is 0 Å². The van der Waals surface area contributed by atoms with Crippen LogP contribution in [-0.4, -0.2) is 30.6 Å². The summed E-state index contributed by atoms with van der Waals surface area (Å²) in [7, 11) is 0. The first-order chi connectivity index (χ1) is 7.74. The van der Waals surface area contributed by atoms with Crippen molar-refractivity contribution in [2.24, 2.45) is 23.5 Å². The second-order valence-electron chi connectivity index (χ2n) is 6.13. The molecule has 4 atom stereocenters. The zero-order valence-electron chi connectivity index (χ0n) is 10.4. The predicted molar refractivity (Wildman–Crippen MR) is 67.1 cm³/mol. The minimum absolute atomic E-state index is 0.505. The van der Waals surface area contributed by atoms with Gasteiger partial charge in [0.1, 0.15) is 0 Å². The minimum Gasteiger partial charge on any atom is -0.327 e. The SMILES string of the molecule is CC1=CCN(CC2C3CCC(C3)C2N)CC1. The maximum atomic E-state index is 6.37. The molecule has 2 heteroatoms. The van der Waals surface area contributed by atoms with Gasteiger partial charge in [0.15, 0.2) is 0 Å². The highest BCUT2D eigenvalue weighted by Crippen LogP contribution is 2.47. The number of nitrogens with two attached hydrogens (primary N) is 1. The third-order valence-electron chi connectivity index (χ3n) is 5.15. The summed E-state index contributed by atoms with van der Waals surface area (Å²) >= 11 is 0. The zero-order chi connectivity index (χ0) is 11.1. The monoisotopic (exact) mass is 220 g/mol.